The fourth-order valence-electron chi connectivity index (χ4n) is 2.78. The van der Waals surface area contributed by atoms with Crippen LogP contribution in [-0.2, 0) is 0 Å². The van der Waals surface area contributed by atoms with Gasteiger partial charge in [-0.3, -0.25) is 4.79 Å². The van der Waals surface area contributed by atoms with Gasteiger partial charge in [0.2, 0.25) is 0 Å². The van der Waals surface area contributed by atoms with E-state index in [0.29, 0.717) is 16.2 Å². The van der Waals surface area contributed by atoms with Crippen molar-refractivity contribution in [3.8, 4) is 11.4 Å². The molecule has 20 heavy (non-hydrogen) atoms. The lowest BCUT2D eigenvalue weighted by molar-refractivity contribution is 0.957. The number of hydrogen-bond donors (Lipinski definition) is 1. The van der Waals surface area contributed by atoms with E-state index in [9.17, 15) is 4.79 Å². The van der Waals surface area contributed by atoms with Crippen LogP contribution in [0.15, 0.2) is 21.4 Å². The predicted molar refractivity (Wildman–Crippen MR) is 84.2 cm³/mol. The Bertz CT molecular complexity index is 722. The Morgan fingerprint density at radius 1 is 1.20 bits per heavy atom. The number of benzene rings is 1. The van der Waals surface area contributed by atoms with E-state index in [2.05, 4.69) is 53.8 Å². The van der Waals surface area contributed by atoms with E-state index in [-0.39, 0.29) is 5.56 Å². The number of aromatic amines is 1. The van der Waals surface area contributed by atoms with Gasteiger partial charge in [0.05, 0.1) is 5.69 Å². The lowest BCUT2D eigenvalue weighted by atomic mass is 9.99. The first kappa shape index (κ1) is 13.6. The molecule has 104 valence electrons. The molecule has 0 radical (unpaired) electrons. The van der Waals surface area contributed by atoms with Crippen molar-refractivity contribution in [2.45, 2.75) is 39.5 Å². The molecule has 1 heterocycles. The van der Waals surface area contributed by atoms with Gasteiger partial charge in [0.15, 0.2) is 0 Å². The molecule has 0 saturated heterocycles. The van der Waals surface area contributed by atoms with Crippen LogP contribution in [0.4, 0.5) is 0 Å². The van der Waals surface area contributed by atoms with Gasteiger partial charge in [0.1, 0.15) is 10.3 Å². The lowest BCUT2D eigenvalue weighted by Gasteiger charge is -2.12. The van der Waals surface area contributed by atoms with E-state index in [4.69, 9.17) is 4.98 Å². The minimum absolute atomic E-state index is 0.0868. The van der Waals surface area contributed by atoms with Gasteiger partial charge >= 0.3 is 0 Å². The third kappa shape index (κ3) is 2.33. The SMILES string of the molecule is Cc1cc(C)c(-c2nc(C3CC3)c(Br)c(=O)[nH]2)c(C)c1. The molecule has 4 heteroatoms. The van der Waals surface area contributed by atoms with Gasteiger partial charge in [0, 0.05) is 11.5 Å². The second kappa shape index (κ2) is 4.85. The summed E-state index contributed by atoms with van der Waals surface area (Å²) in [5.41, 5.74) is 5.39. The van der Waals surface area contributed by atoms with E-state index in [1.807, 2.05) is 0 Å². The fourth-order valence-corrected chi connectivity index (χ4v) is 3.29. The van der Waals surface area contributed by atoms with E-state index in [1.165, 1.54) is 5.56 Å². The van der Waals surface area contributed by atoms with Crippen LogP contribution in [0.5, 0.6) is 0 Å². The van der Waals surface area contributed by atoms with Crippen molar-refractivity contribution >= 4 is 15.9 Å². The number of hydrogen-bond acceptors (Lipinski definition) is 2. The molecular formula is C16H17BrN2O. The van der Waals surface area contributed by atoms with Crippen molar-refractivity contribution in [1.29, 1.82) is 0 Å². The van der Waals surface area contributed by atoms with Gasteiger partial charge in [-0.2, -0.15) is 0 Å². The topological polar surface area (TPSA) is 45.8 Å². The van der Waals surface area contributed by atoms with Crippen LogP contribution in [0.1, 0.15) is 41.1 Å². The number of nitrogens with one attached hydrogen (secondary N) is 1. The van der Waals surface area contributed by atoms with Gasteiger partial charge in [0.25, 0.3) is 5.56 Å². The van der Waals surface area contributed by atoms with Crippen LogP contribution in [0.2, 0.25) is 0 Å². The quantitative estimate of drug-likeness (QED) is 0.903. The molecule has 0 unspecified atom stereocenters. The van der Waals surface area contributed by atoms with E-state index >= 15 is 0 Å². The van der Waals surface area contributed by atoms with Crippen molar-refractivity contribution < 1.29 is 0 Å². The molecule has 1 aromatic carbocycles. The smallest absolute Gasteiger partial charge is 0.265 e. The molecule has 1 aromatic heterocycles. The summed E-state index contributed by atoms with van der Waals surface area (Å²) in [6.07, 6.45) is 2.25. The maximum atomic E-state index is 12.1. The number of nitrogens with zero attached hydrogens (tertiary/aromatic N) is 1. The number of rotatable bonds is 2. The minimum atomic E-state index is -0.0868. The monoisotopic (exact) mass is 332 g/mol. The molecule has 0 amide bonds. The van der Waals surface area contributed by atoms with Gasteiger partial charge in [-0.1, -0.05) is 17.7 Å². The molecule has 3 rings (SSSR count). The fraction of sp³-hybridized carbons (Fsp3) is 0.375. The van der Waals surface area contributed by atoms with Crippen molar-refractivity contribution in [3.05, 3.63) is 49.3 Å². The van der Waals surface area contributed by atoms with Crippen LogP contribution in [0, 0.1) is 20.8 Å². The Kier molecular flexibility index (Phi) is 3.28. The Morgan fingerprint density at radius 3 is 2.35 bits per heavy atom. The molecule has 2 aromatic rings. The van der Waals surface area contributed by atoms with Crippen LogP contribution in [0.25, 0.3) is 11.4 Å². The largest absolute Gasteiger partial charge is 0.306 e. The highest BCUT2D eigenvalue weighted by atomic mass is 79.9. The zero-order valence-electron chi connectivity index (χ0n) is 11.9. The minimum Gasteiger partial charge on any atom is -0.306 e. The Labute approximate surface area is 126 Å². The molecule has 1 fully saturated rings. The maximum absolute atomic E-state index is 12.1. The standard InChI is InChI=1S/C16H17BrN2O/c1-8-6-9(2)12(10(3)7-8)15-18-14(11-4-5-11)13(17)16(20)19-15/h6-7,11H,4-5H2,1-3H3,(H,18,19,20). The van der Waals surface area contributed by atoms with Gasteiger partial charge in [-0.25, -0.2) is 4.98 Å². The molecule has 3 nitrogen and oxygen atoms in total. The Balaban J connectivity index is 2.23. The number of H-pyrrole nitrogens is 1. The molecule has 0 bridgehead atoms. The summed E-state index contributed by atoms with van der Waals surface area (Å²) >= 11 is 3.37. The zero-order valence-corrected chi connectivity index (χ0v) is 13.5. The van der Waals surface area contributed by atoms with Crippen LogP contribution in [0.3, 0.4) is 0 Å². The van der Waals surface area contributed by atoms with Crippen molar-refractivity contribution in [3.63, 3.8) is 0 Å². The highest BCUT2D eigenvalue weighted by Gasteiger charge is 2.29. The summed E-state index contributed by atoms with van der Waals surface area (Å²) in [5, 5.41) is 0. The van der Waals surface area contributed by atoms with Crippen LogP contribution >= 0.6 is 15.9 Å². The molecule has 1 N–H and O–H groups in total. The van der Waals surface area contributed by atoms with E-state index in [1.54, 1.807) is 0 Å². The molecule has 1 aliphatic rings. The summed E-state index contributed by atoms with van der Waals surface area (Å²) in [6.45, 7) is 6.21. The first-order valence-corrected chi connectivity index (χ1v) is 7.64. The summed E-state index contributed by atoms with van der Waals surface area (Å²) < 4.78 is 0.589. The molecule has 0 atom stereocenters. The molecule has 0 aliphatic heterocycles. The molecule has 0 spiro atoms. The summed E-state index contributed by atoms with van der Waals surface area (Å²) in [4.78, 5) is 19.7. The first-order valence-electron chi connectivity index (χ1n) is 6.85. The summed E-state index contributed by atoms with van der Waals surface area (Å²) in [6, 6.07) is 4.25. The van der Waals surface area contributed by atoms with Crippen molar-refractivity contribution in [2.24, 2.45) is 0 Å². The van der Waals surface area contributed by atoms with E-state index in [0.717, 1.165) is 35.2 Å². The maximum Gasteiger partial charge on any atom is 0.265 e. The molecule has 1 saturated carbocycles. The third-order valence-electron chi connectivity index (χ3n) is 3.77. The Morgan fingerprint density at radius 2 is 1.80 bits per heavy atom. The van der Waals surface area contributed by atoms with Crippen LogP contribution < -0.4 is 5.56 Å². The second-order valence-electron chi connectivity index (χ2n) is 5.66. The highest BCUT2D eigenvalue weighted by Crippen LogP contribution is 2.41. The van der Waals surface area contributed by atoms with Crippen molar-refractivity contribution in [2.75, 3.05) is 0 Å². The van der Waals surface area contributed by atoms with Crippen LogP contribution in [-0.4, -0.2) is 9.97 Å². The van der Waals surface area contributed by atoms with Gasteiger partial charge in [-0.05, 0) is 60.7 Å². The van der Waals surface area contributed by atoms with Gasteiger partial charge in [-0.15, -0.1) is 0 Å². The number of aryl methyl sites for hydroxylation is 3. The molecular weight excluding hydrogens is 316 g/mol. The summed E-state index contributed by atoms with van der Waals surface area (Å²) in [7, 11) is 0. The lowest BCUT2D eigenvalue weighted by Crippen LogP contribution is -2.14. The zero-order chi connectivity index (χ0) is 14.4. The third-order valence-corrected chi connectivity index (χ3v) is 4.53. The highest BCUT2D eigenvalue weighted by molar-refractivity contribution is 9.10. The number of halogens is 1. The predicted octanol–water partition coefficient (Wildman–Crippen LogP) is 4.00. The molecule has 1 aliphatic carbocycles. The first-order chi connectivity index (χ1) is 9.47. The van der Waals surface area contributed by atoms with E-state index < -0.39 is 0 Å². The normalized spacial score (nSPS) is 14.6. The van der Waals surface area contributed by atoms with Crippen molar-refractivity contribution in [1.82, 2.24) is 9.97 Å². The second-order valence-corrected chi connectivity index (χ2v) is 6.45. The number of aromatic nitrogens is 2. The average Bonchev–Trinajstić information content (AvgIpc) is 3.16. The Hall–Kier alpha value is -1.42. The average molecular weight is 333 g/mol. The van der Waals surface area contributed by atoms with Gasteiger partial charge < -0.3 is 4.98 Å². The summed E-state index contributed by atoms with van der Waals surface area (Å²) in [5.74, 6) is 1.13.